The largest absolute Gasteiger partial charge is 0.616 e. The van der Waals surface area contributed by atoms with E-state index in [1.54, 1.807) is 0 Å². The van der Waals surface area contributed by atoms with Crippen LogP contribution in [0.25, 0.3) is 10.9 Å². The van der Waals surface area contributed by atoms with E-state index in [1.807, 2.05) is 0 Å². The molecule has 1 saturated heterocycles. The number of likely N-dealkylation sites (N-methyl/N-ethyl adjacent to an activating group) is 1. The van der Waals surface area contributed by atoms with Crippen molar-refractivity contribution in [2.24, 2.45) is 5.92 Å². The van der Waals surface area contributed by atoms with E-state index in [1.165, 1.54) is 29.0 Å². The van der Waals surface area contributed by atoms with E-state index in [2.05, 4.69) is 41.3 Å². The fourth-order valence-electron chi connectivity index (χ4n) is 4.72. The second kappa shape index (κ2) is 6.21. The van der Waals surface area contributed by atoms with E-state index in [0.29, 0.717) is 23.6 Å². The molecule has 1 N–H and O–H groups in total. The van der Waals surface area contributed by atoms with Crippen molar-refractivity contribution >= 4 is 27.9 Å². The molecule has 2 aromatic rings. The second-order valence-corrected chi connectivity index (χ2v) is 8.96. The Hall–Kier alpha value is -1.30. The number of nitrogens with zero attached hydrogens (tertiary/aromatic N) is 1. The predicted molar refractivity (Wildman–Crippen MR) is 97.8 cm³/mol. The highest BCUT2D eigenvalue weighted by Crippen LogP contribution is 2.44. The Kier molecular flexibility index (Phi) is 4.19. The van der Waals surface area contributed by atoms with Crippen LogP contribution in [-0.2, 0) is 22.4 Å². The zero-order valence-corrected chi connectivity index (χ0v) is 15.1. The van der Waals surface area contributed by atoms with Crippen LogP contribution in [-0.4, -0.2) is 51.4 Å². The number of Topliss-reactive ketones (excluding diaryl/α,β-unsaturated/α-hetero) is 1. The number of benzene rings is 1. The number of likely N-dealkylation sites (tertiary alicyclic amines) is 1. The smallest absolute Gasteiger partial charge is 0.178 e. The predicted octanol–water partition coefficient (Wildman–Crippen LogP) is 2.47. The fourth-order valence-corrected chi connectivity index (χ4v) is 6.06. The molecule has 0 unspecified atom stereocenters. The first-order chi connectivity index (χ1) is 11.5. The highest BCUT2D eigenvalue weighted by molar-refractivity contribution is 7.92. The summed E-state index contributed by atoms with van der Waals surface area (Å²) >= 11 is -1.03. The first-order valence-corrected chi connectivity index (χ1v) is 10.1. The number of nitrogens with one attached hydrogen (secondary N) is 1. The molecule has 2 aliphatic rings. The molecule has 24 heavy (non-hydrogen) atoms. The lowest BCUT2D eigenvalue weighted by Gasteiger charge is -2.45. The fraction of sp³-hybridized carbons (Fsp3) is 0.526. The molecule has 2 heterocycles. The van der Waals surface area contributed by atoms with Gasteiger partial charge in [0.2, 0.25) is 0 Å². The molecule has 0 bridgehead atoms. The van der Waals surface area contributed by atoms with Crippen molar-refractivity contribution in [2.45, 2.75) is 31.7 Å². The van der Waals surface area contributed by atoms with E-state index in [-0.39, 0.29) is 11.5 Å². The number of aromatic amines is 1. The van der Waals surface area contributed by atoms with Crippen molar-refractivity contribution in [2.75, 3.05) is 25.1 Å². The number of fused-ring (bicyclic) bond motifs is 2. The summed E-state index contributed by atoms with van der Waals surface area (Å²) in [6.45, 7) is 2.50. The average molecular weight is 344 g/mol. The number of ketones is 1. The van der Waals surface area contributed by atoms with Crippen LogP contribution in [0.2, 0.25) is 0 Å². The molecule has 0 saturated carbocycles. The summed E-state index contributed by atoms with van der Waals surface area (Å²) < 4.78 is 12.2. The van der Waals surface area contributed by atoms with Crippen LogP contribution in [0.15, 0.2) is 24.4 Å². The Morgan fingerprint density at radius 3 is 3.08 bits per heavy atom. The maximum absolute atomic E-state index is 12.2. The third-order valence-electron chi connectivity index (χ3n) is 5.60. The molecule has 128 valence electrons. The summed E-state index contributed by atoms with van der Waals surface area (Å²) in [5.74, 6) is 1.76. The number of rotatable bonds is 4. The van der Waals surface area contributed by atoms with Crippen LogP contribution in [0.5, 0.6) is 0 Å². The highest BCUT2D eigenvalue weighted by Gasteiger charge is 2.40. The lowest BCUT2D eigenvalue weighted by atomic mass is 9.73. The van der Waals surface area contributed by atoms with E-state index in [0.717, 1.165) is 19.4 Å². The van der Waals surface area contributed by atoms with Gasteiger partial charge in [0.25, 0.3) is 0 Å². The highest BCUT2D eigenvalue weighted by atomic mass is 32.2. The van der Waals surface area contributed by atoms with Gasteiger partial charge in [0.15, 0.2) is 11.5 Å². The second-order valence-electron chi connectivity index (χ2n) is 7.46. The van der Waals surface area contributed by atoms with Gasteiger partial charge in [-0.15, -0.1) is 0 Å². The molecule has 4 atom stereocenters. The molecule has 0 spiro atoms. The summed E-state index contributed by atoms with van der Waals surface area (Å²) in [5.41, 5.74) is 4.09. The Balaban J connectivity index is 1.60. The molecule has 1 aromatic carbocycles. The Bertz CT molecular complexity index is 772. The summed E-state index contributed by atoms with van der Waals surface area (Å²) in [7, 11) is 2.19. The Labute approximate surface area is 145 Å². The van der Waals surface area contributed by atoms with E-state index in [4.69, 9.17) is 0 Å². The first kappa shape index (κ1) is 16.2. The minimum atomic E-state index is -1.03. The molecule has 1 fully saturated rings. The van der Waals surface area contributed by atoms with Crippen molar-refractivity contribution in [1.29, 1.82) is 0 Å². The third-order valence-corrected chi connectivity index (χ3v) is 7.17. The van der Waals surface area contributed by atoms with Gasteiger partial charge < -0.3 is 14.4 Å². The SMILES string of the molecule is CC(=O)C[S@@+]([O-])C[C@@H]1C[C@@H]2c3cccc4[nH]cc(c34)C[C@H]2N(C)C1. The first-order valence-electron chi connectivity index (χ1n) is 8.66. The van der Waals surface area contributed by atoms with Gasteiger partial charge in [-0.1, -0.05) is 12.1 Å². The number of hydrogen-bond donors (Lipinski definition) is 1. The van der Waals surface area contributed by atoms with Crippen LogP contribution >= 0.6 is 0 Å². The van der Waals surface area contributed by atoms with Gasteiger partial charge in [0.1, 0.15) is 5.75 Å². The normalized spacial score (nSPS) is 27.9. The van der Waals surface area contributed by atoms with Crippen LogP contribution < -0.4 is 0 Å². The van der Waals surface area contributed by atoms with E-state index < -0.39 is 11.2 Å². The van der Waals surface area contributed by atoms with Gasteiger partial charge in [-0.25, -0.2) is 0 Å². The quantitative estimate of drug-likeness (QED) is 0.867. The van der Waals surface area contributed by atoms with Gasteiger partial charge in [0, 0.05) is 41.5 Å². The molecular weight excluding hydrogens is 320 g/mol. The maximum atomic E-state index is 12.2. The molecule has 4 nitrogen and oxygen atoms in total. The Morgan fingerprint density at radius 2 is 2.29 bits per heavy atom. The number of carbonyl (C=O) groups is 1. The average Bonchev–Trinajstić information content (AvgIpc) is 2.92. The van der Waals surface area contributed by atoms with Crippen LogP contribution in [0.3, 0.4) is 0 Å². The molecule has 1 aliphatic heterocycles. The van der Waals surface area contributed by atoms with E-state index in [9.17, 15) is 9.35 Å². The summed E-state index contributed by atoms with van der Waals surface area (Å²) in [4.78, 5) is 17.1. The summed E-state index contributed by atoms with van der Waals surface area (Å²) in [6, 6.07) is 7.07. The monoisotopic (exact) mass is 344 g/mol. The number of H-pyrrole nitrogens is 1. The topological polar surface area (TPSA) is 59.2 Å². The maximum Gasteiger partial charge on any atom is 0.178 e. The Morgan fingerprint density at radius 1 is 1.46 bits per heavy atom. The number of hydrogen-bond acceptors (Lipinski definition) is 3. The zero-order chi connectivity index (χ0) is 16.8. The van der Waals surface area contributed by atoms with Crippen molar-refractivity contribution in [1.82, 2.24) is 9.88 Å². The molecule has 0 radical (unpaired) electrons. The van der Waals surface area contributed by atoms with Crippen molar-refractivity contribution in [3.63, 3.8) is 0 Å². The van der Waals surface area contributed by atoms with Crippen LogP contribution in [0.1, 0.15) is 30.4 Å². The molecule has 0 amide bonds. The van der Waals surface area contributed by atoms with Gasteiger partial charge in [-0.05, 0) is 55.2 Å². The molecule has 5 heteroatoms. The van der Waals surface area contributed by atoms with Gasteiger partial charge in [-0.2, -0.15) is 0 Å². The van der Waals surface area contributed by atoms with Crippen LogP contribution in [0.4, 0.5) is 0 Å². The third kappa shape index (κ3) is 2.79. The van der Waals surface area contributed by atoms with Crippen LogP contribution in [0, 0.1) is 5.92 Å². The lowest BCUT2D eigenvalue weighted by molar-refractivity contribution is -0.114. The summed E-state index contributed by atoms with van der Waals surface area (Å²) in [6.07, 6.45) is 4.32. The number of carbonyl (C=O) groups excluding carboxylic acids is 1. The minimum Gasteiger partial charge on any atom is -0.616 e. The molecule has 1 aliphatic carbocycles. The van der Waals surface area contributed by atoms with Crippen molar-refractivity contribution in [3.8, 4) is 0 Å². The number of aromatic nitrogens is 1. The van der Waals surface area contributed by atoms with Gasteiger partial charge in [-0.3, -0.25) is 4.79 Å². The molecular formula is C19H24N2O2S. The molecule has 1 aromatic heterocycles. The van der Waals surface area contributed by atoms with Gasteiger partial charge >= 0.3 is 0 Å². The zero-order valence-electron chi connectivity index (χ0n) is 14.2. The standard InChI is InChI=1S/C19H24N2O2S/c1-12(22)10-24(23)11-13-6-16-15-4-3-5-17-19(15)14(8-20-17)7-18(16)21(2)9-13/h3-5,8,13,16,18,20H,6-7,9-11H2,1-2H3/t13-,16-,18-,24-/m1/s1. The van der Waals surface area contributed by atoms with Crippen molar-refractivity contribution < 1.29 is 9.35 Å². The molecule has 4 rings (SSSR count). The minimum absolute atomic E-state index is 0.0229. The summed E-state index contributed by atoms with van der Waals surface area (Å²) in [5, 5.41) is 1.40. The van der Waals surface area contributed by atoms with Gasteiger partial charge in [0.05, 0.1) is 0 Å². The number of piperidine rings is 1. The van der Waals surface area contributed by atoms with E-state index >= 15 is 0 Å². The lowest BCUT2D eigenvalue weighted by Crippen LogP contribution is -2.49. The van der Waals surface area contributed by atoms with Crippen molar-refractivity contribution in [3.05, 3.63) is 35.5 Å².